The summed E-state index contributed by atoms with van der Waals surface area (Å²) < 4.78 is 7.09. The van der Waals surface area contributed by atoms with Gasteiger partial charge in [0.1, 0.15) is 10.7 Å². The number of nitrogens with one attached hydrogen (secondary N) is 1. The molecule has 3 aromatic heterocycles. The molecule has 1 saturated heterocycles. The molecule has 3 aromatic rings. The van der Waals surface area contributed by atoms with Gasteiger partial charge in [-0.05, 0) is 37.7 Å². The molecule has 9 heteroatoms. The summed E-state index contributed by atoms with van der Waals surface area (Å²) in [6.07, 6.45) is 3.51. The van der Waals surface area contributed by atoms with Crippen molar-refractivity contribution in [1.82, 2.24) is 29.8 Å². The van der Waals surface area contributed by atoms with Crippen LogP contribution in [0.1, 0.15) is 52.6 Å². The normalized spacial score (nSPS) is 20.3. The lowest BCUT2D eigenvalue weighted by molar-refractivity contribution is 0.0383. The minimum absolute atomic E-state index is 0.216. The topological polar surface area (TPSA) is 84.7 Å². The Morgan fingerprint density at radius 2 is 2.14 bits per heavy atom. The van der Waals surface area contributed by atoms with Gasteiger partial charge in [-0.1, -0.05) is 6.92 Å². The summed E-state index contributed by atoms with van der Waals surface area (Å²) in [6, 6.07) is 0. The van der Waals surface area contributed by atoms with Crippen LogP contribution in [0.25, 0.3) is 15.9 Å². The number of aryl methyl sites for hydroxylation is 2. The second kappa shape index (κ2) is 7.62. The molecule has 4 heterocycles. The summed E-state index contributed by atoms with van der Waals surface area (Å²) in [5.74, 6) is 1.24. The van der Waals surface area contributed by atoms with Crippen molar-refractivity contribution in [3.8, 4) is 0 Å². The van der Waals surface area contributed by atoms with Gasteiger partial charge in [-0.15, -0.1) is 16.4 Å². The quantitative estimate of drug-likeness (QED) is 0.704. The van der Waals surface area contributed by atoms with E-state index in [0.29, 0.717) is 12.5 Å². The number of carbonyl (C=O) groups excluding carboxylic acids is 1. The smallest absolute Gasteiger partial charge is 0.291 e. The number of aromatic nitrogens is 4. The van der Waals surface area contributed by atoms with Gasteiger partial charge < -0.3 is 10.1 Å². The van der Waals surface area contributed by atoms with Crippen LogP contribution in [-0.4, -0.2) is 69.8 Å². The summed E-state index contributed by atoms with van der Waals surface area (Å²) in [6.45, 7) is 8.91. The average molecular weight is 415 g/mol. The zero-order valence-electron chi connectivity index (χ0n) is 16.9. The monoisotopic (exact) mass is 414 g/mol. The van der Waals surface area contributed by atoms with E-state index in [4.69, 9.17) is 9.72 Å². The number of nitrogens with zero attached hydrogens (tertiary/aromatic N) is 5. The van der Waals surface area contributed by atoms with Crippen molar-refractivity contribution in [1.29, 1.82) is 0 Å². The Morgan fingerprint density at radius 1 is 1.31 bits per heavy atom. The summed E-state index contributed by atoms with van der Waals surface area (Å²) in [7, 11) is 0. The maximum Gasteiger partial charge on any atom is 0.291 e. The highest BCUT2D eigenvalue weighted by atomic mass is 32.1. The third kappa shape index (κ3) is 3.41. The van der Waals surface area contributed by atoms with Gasteiger partial charge >= 0.3 is 0 Å². The number of thiophene rings is 1. The van der Waals surface area contributed by atoms with E-state index in [1.54, 1.807) is 15.9 Å². The van der Waals surface area contributed by atoms with Gasteiger partial charge in [0, 0.05) is 31.1 Å². The highest BCUT2D eigenvalue weighted by molar-refractivity contribution is 7.19. The molecule has 1 aliphatic carbocycles. The Kier molecular flexibility index (Phi) is 4.97. The Balaban J connectivity index is 1.43. The summed E-state index contributed by atoms with van der Waals surface area (Å²) in [4.78, 5) is 26.8. The lowest BCUT2D eigenvalue weighted by Gasteiger charge is -2.26. The first-order valence-electron chi connectivity index (χ1n) is 10.4. The van der Waals surface area contributed by atoms with Crippen molar-refractivity contribution in [2.45, 2.75) is 39.0 Å². The molecule has 0 aromatic carbocycles. The van der Waals surface area contributed by atoms with Crippen molar-refractivity contribution in [3.63, 3.8) is 0 Å². The van der Waals surface area contributed by atoms with Crippen LogP contribution < -0.4 is 5.32 Å². The zero-order valence-corrected chi connectivity index (χ0v) is 17.7. The summed E-state index contributed by atoms with van der Waals surface area (Å²) >= 11 is 1.77. The van der Waals surface area contributed by atoms with E-state index in [-0.39, 0.29) is 11.7 Å². The molecule has 0 spiro atoms. The molecule has 154 valence electrons. The van der Waals surface area contributed by atoms with Gasteiger partial charge in [-0.3, -0.25) is 9.69 Å². The van der Waals surface area contributed by atoms with Gasteiger partial charge in [0.25, 0.3) is 5.91 Å². The van der Waals surface area contributed by atoms with Crippen LogP contribution >= 0.6 is 11.3 Å². The largest absolute Gasteiger partial charge is 0.379 e. The number of hydrogen-bond donors (Lipinski definition) is 1. The predicted molar refractivity (Wildman–Crippen MR) is 112 cm³/mol. The van der Waals surface area contributed by atoms with Gasteiger partial charge in [-0.25, -0.2) is 9.97 Å². The van der Waals surface area contributed by atoms with Gasteiger partial charge in [-0.2, -0.15) is 4.52 Å². The van der Waals surface area contributed by atoms with Crippen LogP contribution in [-0.2, 0) is 11.2 Å². The van der Waals surface area contributed by atoms with Crippen LogP contribution in [0, 0.1) is 6.92 Å². The zero-order chi connectivity index (χ0) is 20.0. The van der Waals surface area contributed by atoms with Crippen LogP contribution in [0.3, 0.4) is 0 Å². The van der Waals surface area contributed by atoms with Crippen molar-refractivity contribution in [3.05, 3.63) is 22.1 Å². The highest BCUT2D eigenvalue weighted by Crippen LogP contribution is 2.42. The number of hydrogen-bond acceptors (Lipinski definition) is 7. The molecular weight excluding hydrogens is 388 g/mol. The minimum Gasteiger partial charge on any atom is -0.379 e. The fourth-order valence-electron chi connectivity index (χ4n) is 4.41. The predicted octanol–water partition coefficient (Wildman–Crippen LogP) is 2.15. The molecule has 1 amide bonds. The lowest BCUT2D eigenvalue weighted by atomic mass is 9.87. The van der Waals surface area contributed by atoms with Crippen LogP contribution in [0.2, 0.25) is 0 Å². The molecule has 5 rings (SSSR count). The van der Waals surface area contributed by atoms with E-state index < -0.39 is 0 Å². The van der Waals surface area contributed by atoms with Gasteiger partial charge in [0.2, 0.25) is 5.82 Å². The van der Waals surface area contributed by atoms with Gasteiger partial charge in [0.15, 0.2) is 5.65 Å². The molecular formula is C20H26N6O2S. The molecule has 1 atom stereocenters. The van der Waals surface area contributed by atoms with Gasteiger partial charge in [0.05, 0.1) is 18.6 Å². The van der Waals surface area contributed by atoms with Crippen LogP contribution in [0.15, 0.2) is 0 Å². The summed E-state index contributed by atoms with van der Waals surface area (Å²) in [5, 5.41) is 8.53. The van der Waals surface area contributed by atoms with E-state index in [1.807, 2.05) is 6.92 Å². The van der Waals surface area contributed by atoms with Crippen molar-refractivity contribution >= 4 is 33.1 Å². The first kappa shape index (κ1) is 18.9. The molecule has 0 saturated carbocycles. The Hall–Kier alpha value is -2.10. The van der Waals surface area contributed by atoms with E-state index in [0.717, 1.165) is 61.0 Å². The summed E-state index contributed by atoms with van der Waals surface area (Å²) in [5.41, 5.74) is 2.12. The molecule has 2 aliphatic rings. The first-order chi connectivity index (χ1) is 14.1. The Bertz CT molecular complexity index is 1070. The minimum atomic E-state index is -0.230. The number of carbonyl (C=O) groups is 1. The highest BCUT2D eigenvalue weighted by Gasteiger charge is 2.26. The third-order valence-electron chi connectivity index (χ3n) is 5.96. The van der Waals surface area contributed by atoms with Crippen molar-refractivity contribution in [2.75, 3.05) is 39.4 Å². The molecule has 0 bridgehead atoms. The number of rotatable bonds is 4. The standard InChI is InChI=1S/C20H26N6O2S/c1-12-4-3-5-14-15(12)16-18-23-17(24-26(18)13(2)22-20(16)29-14)19(27)21-6-7-25-8-10-28-11-9-25/h12H,3-11H2,1-2H3,(H,21,27)/t12-/m1/s1. The number of amides is 1. The maximum absolute atomic E-state index is 12.7. The SMILES string of the molecule is Cc1nc2sc3c(c2c2nc(C(=O)NCCN4CCOCC4)nn12)[C@H](C)CCC3. The molecule has 29 heavy (non-hydrogen) atoms. The fraction of sp³-hybridized carbons (Fsp3) is 0.600. The fourth-order valence-corrected chi connectivity index (χ4v) is 5.79. The van der Waals surface area contributed by atoms with E-state index in [9.17, 15) is 4.79 Å². The number of morpholine rings is 1. The molecule has 1 aliphatic heterocycles. The Labute approximate surface area is 173 Å². The van der Waals surface area contributed by atoms with Crippen LogP contribution in [0.4, 0.5) is 0 Å². The second-order valence-electron chi connectivity index (χ2n) is 7.95. The van der Waals surface area contributed by atoms with E-state index in [2.05, 4.69) is 27.2 Å². The van der Waals surface area contributed by atoms with Crippen molar-refractivity contribution in [2.24, 2.45) is 0 Å². The van der Waals surface area contributed by atoms with Crippen LogP contribution in [0.5, 0.6) is 0 Å². The second-order valence-corrected chi connectivity index (χ2v) is 9.04. The molecule has 1 fully saturated rings. The average Bonchev–Trinajstić information content (AvgIpc) is 3.31. The molecule has 1 N–H and O–H groups in total. The number of ether oxygens (including phenoxy) is 1. The number of fused-ring (bicyclic) bond motifs is 5. The van der Waals surface area contributed by atoms with E-state index in [1.165, 1.54) is 23.3 Å². The Morgan fingerprint density at radius 3 is 2.97 bits per heavy atom. The maximum atomic E-state index is 12.7. The lowest BCUT2D eigenvalue weighted by Crippen LogP contribution is -2.41. The van der Waals surface area contributed by atoms with Crippen molar-refractivity contribution < 1.29 is 9.53 Å². The molecule has 0 unspecified atom stereocenters. The first-order valence-corrected chi connectivity index (χ1v) is 11.2. The third-order valence-corrected chi connectivity index (χ3v) is 7.12. The molecule has 8 nitrogen and oxygen atoms in total. The molecule has 0 radical (unpaired) electrons. The van der Waals surface area contributed by atoms with E-state index >= 15 is 0 Å².